The van der Waals surface area contributed by atoms with E-state index in [2.05, 4.69) is 4.98 Å². The quantitative estimate of drug-likeness (QED) is 0.753. The van der Waals surface area contributed by atoms with Crippen molar-refractivity contribution >= 4 is 22.5 Å². The van der Waals surface area contributed by atoms with E-state index in [4.69, 9.17) is 20.2 Å². The first-order chi connectivity index (χ1) is 14.0. The molecule has 0 radical (unpaired) electrons. The number of hydrogen-bond acceptors (Lipinski definition) is 6. The van der Waals surface area contributed by atoms with Gasteiger partial charge in [-0.2, -0.15) is 4.39 Å². The number of allylic oxidation sites excluding steroid dienone is 3. The van der Waals surface area contributed by atoms with Crippen LogP contribution in [0.4, 0.5) is 8.78 Å². The fraction of sp³-hybridized carbons (Fsp3) is 0.524. The zero-order valence-electron chi connectivity index (χ0n) is 16.5. The van der Waals surface area contributed by atoms with E-state index in [0.717, 1.165) is 5.75 Å². The summed E-state index contributed by atoms with van der Waals surface area (Å²) >= 11 is 1.49. The fourth-order valence-electron chi connectivity index (χ4n) is 4.88. The summed E-state index contributed by atoms with van der Waals surface area (Å²) in [5.41, 5.74) is 6.37. The van der Waals surface area contributed by atoms with E-state index in [-0.39, 0.29) is 30.4 Å². The van der Waals surface area contributed by atoms with Crippen LogP contribution in [0.2, 0.25) is 0 Å². The Labute approximate surface area is 173 Å². The second kappa shape index (κ2) is 8.16. The molecule has 5 atom stereocenters. The summed E-state index contributed by atoms with van der Waals surface area (Å²) in [4.78, 5) is 8.54. The highest BCUT2D eigenvalue weighted by molar-refractivity contribution is 8.13. The van der Waals surface area contributed by atoms with Gasteiger partial charge in [0.1, 0.15) is 11.4 Å². The van der Waals surface area contributed by atoms with Crippen LogP contribution in [0, 0.1) is 23.7 Å². The summed E-state index contributed by atoms with van der Waals surface area (Å²) in [5.74, 6) is -0.906. The summed E-state index contributed by atoms with van der Waals surface area (Å²) in [7, 11) is 1.64. The maximum atomic E-state index is 15.3. The first-order valence-electron chi connectivity index (χ1n) is 9.73. The minimum Gasteiger partial charge on any atom is -0.382 e. The molecule has 1 fully saturated rings. The van der Waals surface area contributed by atoms with Crippen molar-refractivity contribution in [2.75, 3.05) is 26.1 Å². The number of aliphatic imine (C=N–C) groups is 1. The molecule has 3 heterocycles. The molecule has 29 heavy (non-hydrogen) atoms. The molecule has 1 aromatic heterocycles. The molecule has 1 aliphatic carbocycles. The van der Waals surface area contributed by atoms with Gasteiger partial charge in [0.05, 0.1) is 19.3 Å². The molecule has 4 rings (SSSR count). The van der Waals surface area contributed by atoms with Crippen molar-refractivity contribution in [3.8, 4) is 0 Å². The van der Waals surface area contributed by atoms with Crippen molar-refractivity contribution in [1.29, 1.82) is 0 Å². The van der Waals surface area contributed by atoms with Gasteiger partial charge in [-0.25, -0.2) is 9.37 Å². The lowest BCUT2D eigenvalue weighted by atomic mass is 9.63. The first kappa shape index (κ1) is 20.5. The third-order valence-electron chi connectivity index (χ3n) is 6.23. The van der Waals surface area contributed by atoms with Gasteiger partial charge in [-0.3, -0.25) is 4.99 Å². The van der Waals surface area contributed by atoms with Crippen molar-refractivity contribution in [2.24, 2.45) is 28.5 Å². The molecule has 1 saturated heterocycles. The monoisotopic (exact) mass is 421 g/mol. The number of thioether (sulfide) groups is 1. The number of nitrogens with zero attached hydrogens (tertiary/aromatic N) is 2. The number of hydrogen-bond donors (Lipinski definition) is 1. The zero-order valence-corrected chi connectivity index (χ0v) is 17.3. The zero-order chi connectivity index (χ0) is 20.6. The number of ether oxygens (including phenoxy) is 2. The van der Waals surface area contributed by atoms with Crippen LogP contribution >= 0.6 is 11.8 Å². The molecule has 5 nitrogen and oxygen atoms in total. The maximum absolute atomic E-state index is 15.3. The van der Waals surface area contributed by atoms with Crippen LogP contribution in [0.25, 0.3) is 5.57 Å². The van der Waals surface area contributed by atoms with Gasteiger partial charge in [0.2, 0.25) is 5.95 Å². The third-order valence-corrected chi connectivity index (χ3v) is 7.18. The predicted molar refractivity (Wildman–Crippen MR) is 111 cm³/mol. The topological polar surface area (TPSA) is 69.7 Å². The largest absolute Gasteiger partial charge is 0.382 e. The minimum atomic E-state index is -0.822. The Morgan fingerprint density at radius 1 is 1.38 bits per heavy atom. The van der Waals surface area contributed by atoms with E-state index in [1.54, 1.807) is 25.3 Å². The van der Waals surface area contributed by atoms with Crippen LogP contribution in [0.1, 0.15) is 18.9 Å². The summed E-state index contributed by atoms with van der Waals surface area (Å²) in [6.07, 6.45) is 5.14. The number of nitrogens with two attached hydrogens (primary N) is 1. The van der Waals surface area contributed by atoms with Gasteiger partial charge >= 0.3 is 0 Å². The number of rotatable bonds is 4. The van der Waals surface area contributed by atoms with Crippen LogP contribution in [0.15, 0.2) is 41.3 Å². The number of halogens is 2. The number of pyridine rings is 1. The van der Waals surface area contributed by atoms with Crippen LogP contribution in [0.3, 0.4) is 0 Å². The molecule has 1 aromatic rings. The smallest absolute Gasteiger partial charge is 0.220 e. The molecular weight excluding hydrogens is 396 g/mol. The number of amidine groups is 1. The highest BCUT2D eigenvalue weighted by Gasteiger charge is 2.55. The van der Waals surface area contributed by atoms with Gasteiger partial charge in [-0.05, 0) is 42.0 Å². The molecule has 2 unspecified atom stereocenters. The van der Waals surface area contributed by atoms with Gasteiger partial charge in [0, 0.05) is 30.5 Å². The van der Waals surface area contributed by atoms with Crippen LogP contribution < -0.4 is 5.73 Å². The molecule has 0 bridgehead atoms. The molecule has 0 saturated carbocycles. The molecule has 0 amide bonds. The lowest BCUT2D eigenvalue weighted by Gasteiger charge is -2.51. The molecule has 3 aliphatic rings. The van der Waals surface area contributed by atoms with Gasteiger partial charge in [-0.1, -0.05) is 24.8 Å². The number of fused-ring (bicyclic) bond motifs is 1. The molecule has 156 valence electrons. The molecule has 0 spiro atoms. The molecular formula is C21H25F2N3O2S. The lowest BCUT2D eigenvalue weighted by molar-refractivity contribution is -0.0972. The van der Waals surface area contributed by atoms with Crippen molar-refractivity contribution in [3.63, 3.8) is 0 Å². The van der Waals surface area contributed by atoms with Crippen molar-refractivity contribution < 1.29 is 18.3 Å². The van der Waals surface area contributed by atoms with Crippen molar-refractivity contribution in [3.05, 3.63) is 47.8 Å². The van der Waals surface area contributed by atoms with Crippen molar-refractivity contribution in [2.45, 2.75) is 25.0 Å². The Morgan fingerprint density at radius 3 is 2.97 bits per heavy atom. The lowest BCUT2D eigenvalue weighted by Crippen LogP contribution is -2.58. The highest BCUT2D eigenvalue weighted by Crippen LogP contribution is 2.52. The Kier molecular flexibility index (Phi) is 5.77. The van der Waals surface area contributed by atoms with E-state index in [1.165, 1.54) is 24.0 Å². The van der Waals surface area contributed by atoms with Gasteiger partial charge < -0.3 is 15.2 Å². The first-order valence-corrected chi connectivity index (χ1v) is 10.7. The Hall–Kier alpha value is -1.77. The predicted octanol–water partition coefficient (Wildman–Crippen LogP) is 3.58. The Morgan fingerprint density at radius 2 is 2.21 bits per heavy atom. The average Bonchev–Trinajstić information content (AvgIpc) is 2.69. The Bertz CT molecular complexity index is 875. The third kappa shape index (κ3) is 3.62. The van der Waals surface area contributed by atoms with Crippen LogP contribution in [0.5, 0.6) is 0 Å². The summed E-state index contributed by atoms with van der Waals surface area (Å²) < 4.78 is 41.0. The van der Waals surface area contributed by atoms with Crippen LogP contribution in [-0.4, -0.2) is 47.9 Å². The second-order valence-corrected chi connectivity index (χ2v) is 8.90. The maximum Gasteiger partial charge on any atom is 0.220 e. The fourth-order valence-corrected chi connectivity index (χ4v) is 5.92. The summed E-state index contributed by atoms with van der Waals surface area (Å²) in [6, 6.07) is 3.36. The van der Waals surface area contributed by atoms with E-state index in [9.17, 15) is 4.39 Å². The summed E-state index contributed by atoms with van der Waals surface area (Å²) in [6.45, 7) is 2.66. The molecule has 0 aromatic carbocycles. The van der Waals surface area contributed by atoms with Crippen molar-refractivity contribution in [1.82, 2.24) is 4.98 Å². The van der Waals surface area contributed by atoms with Gasteiger partial charge in [0.25, 0.3) is 0 Å². The molecule has 8 heteroatoms. The van der Waals surface area contributed by atoms with Crippen LogP contribution in [-0.2, 0) is 9.47 Å². The summed E-state index contributed by atoms with van der Waals surface area (Å²) in [5, 5.41) is 0.443. The normalized spacial score (nSPS) is 34.7. The van der Waals surface area contributed by atoms with Gasteiger partial charge in [-0.15, -0.1) is 0 Å². The number of aromatic nitrogens is 1. The molecule has 2 N–H and O–H groups in total. The SMILES string of the molecule is COC[C@H]1C[C@H]2CSC(N)=N[C@@]2(C2C(F)=CC=C(c3cccnc3F)C2C)CO1. The van der Waals surface area contributed by atoms with Gasteiger partial charge in [0.15, 0.2) is 5.17 Å². The Balaban J connectivity index is 1.73. The van der Waals surface area contributed by atoms with E-state index in [1.807, 2.05) is 6.92 Å². The van der Waals surface area contributed by atoms with E-state index < -0.39 is 17.4 Å². The molecule has 2 aliphatic heterocycles. The van der Waals surface area contributed by atoms with E-state index in [0.29, 0.717) is 29.3 Å². The average molecular weight is 422 g/mol. The number of methoxy groups -OCH3 is 1. The second-order valence-electron chi connectivity index (χ2n) is 7.85. The van der Waals surface area contributed by atoms with E-state index >= 15 is 4.39 Å². The highest BCUT2D eigenvalue weighted by atomic mass is 32.2. The minimum absolute atomic E-state index is 0.0510. The standard InChI is InChI=1S/C21H25F2N3O2S/c1-12-15(16-4-3-7-25-19(16)23)5-6-17(22)18(12)21-11-28-14(9-27-2)8-13(21)10-29-20(24)26-21/h3-7,12-14,18H,8-11H2,1-2H3,(H2,24,26)/t12?,13-,14+,18?,21-/m0/s1.